The number of hydrogen-bond donors (Lipinski definition) is 0. The summed E-state index contributed by atoms with van der Waals surface area (Å²) in [7, 11) is 2.91. The number of methoxy groups -OCH3 is 2. The zero-order valence-corrected chi connectivity index (χ0v) is 15.8. The fraction of sp³-hybridized carbons (Fsp3) is 0.556. The molecule has 0 aromatic heterocycles. The van der Waals surface area contributed by atoms with Gasteiger partial charge in [0, 0.05) is 12.1 Å². The summed E-state index contributed by atoms with van der Waals surface area (Å²) < 4.78 is 15.5. The molecule has 0 N–H and O–H groups in total. The van der Waals surface area contributed by atoms with Crippen molar-refractivity contribution in [3.63, 3.8) is 0 Å². The van der Waals surface area contributed by atoms with Gasteiger partial charge in [0.05, 0.1) is 24.8 Å². The lowest BCUT2D eigenvalue weighted by molar-refractivity contribution is -0.140. The van der Waals surface area contributed by atoms with Gasteiger partial charge in [0.1, 0.15) is 0 Å². The molecular formula is C18H24ClNO5. The van der Waals surface area contributed by atoms with E-state index in [0.29, 0.717) is 11.5 Å². The molecule has 2 atom stereocenters. The number of carbonyl (C=O) groups is 2. The van der Waals surface area contributed by atoms with Crippen molar-refractivity contribution in [2.45, 2.75) is 45.2 Å². The molecule has 0 radical (unpaired) electrons. The van der Waals surface area contributed by atoms with E-state index in [1.807, 2.05) is 13.8 Å². The summed E-state index contributed by atoms with van der Waals surface area (Å²) in [4.78, 5) is 26.5. The van der Waals surface area contributed by atoms with Crippen molar-refractivity contribution in [3.8, 4) is 11.5 Å². The Balaban J connectivity index is 2.05. The van der Waals surface area contributed by atoms with E-state index in [1.54, 1.807) is 4.90 Å². The van der Waals surface area contributed by atoms with Crippen LogP contribution in [0.3, 0.4) is 0 Å². The molecule has 0 aliphatic carbocycles. The lowest BCUT2D eigenvalue weighted by Gasteiger charge is -2.38. The Morgan fingerprint density at radius 3 is 2.36 bits per heavy atom. The number of ether oxygens (including phenoxy) is 3. The van der Waals surface area contributed by atoms with Crippen LogP contribution in [0.15, 0.2) is 12.1 Å². The molecule has 1 aromatic carbocycles. The van der Waals surface area contributed by atoms with Gasteiger partial charge in [-0.2, -0.15) is 0 Å². The van der Waals surface area contributed by atoms with Crippen molar-refractivity contribution >= 4 is 23.5 Å². The van der Waals surface area contributed by atoms with E-state index in [9.17, 15) is 9.59 Å². The van der Waals surface area contributed by atoms with E-state index in [2.05, 4.69) is 0 Å². The number of amides is 1. The van der Waals surface area contributed by atoms with Gasteiger partial charge in [-0.05, 0) is 45.2 Å². The van der Waals surface area contributed by atoms with Crippen molar-refractivity contribution in [1.29, 1.82) is 0 Å². The second-order valence-electron chi connectivity index (χ2n) is 6.20. The lowest BCUT2D eigenvalue weighted by atomic mass is 9.97. The van der Waals surface area contributed by atoms with Crippen LogP contribution in [0.5, 0.6) is 11.5 Å². The average Bonchev–Trinajstić information content (AvgIpc) is 2.58. The molecule has 1 fully saturated rings. The Labute approximate surface area is 153 Å². The van der Waals surface area contributed by atoms with Crippen LogP contribution in [0.2, 0.25) is 5.02 Å². The molecule has 1 saturated heterocycles. The van der Waals surface area contributed by atoms with E-state index in [1.165, 1.54) is 26.4 Å². The van der Waals surface area contributed by atoms with Gasteiger partial charge < -0.3 is 19.1 Å². The van der Waals surface area contributed by atoms with Gasteiger partial charge in [-0.3, -0.25) is 4.79 Å². The van der Waals surface area contributed by atoms with E-state index in [-0.39, 0.29) is 35.2 Å². The molecular weight excluding hydrogens is 346 g/mol. The minimum Gasteiger partial charge on any atom is -0.493 e. The van der Waals surface area contributed by atoms with E-state index in [4.69, 9.17) is 25.8 Å². The third-order valence-corrected chi connectivity index (χ3v) is 4.76. The Hall–Kier alpha value is -1.95. The van der Waals surface area contributed by atoms with Crippen LogP contribution >= 0.6 is 11.6 Å². The number of rotatable bonds is 5. The Morgan fingerprint density at radius 1 is 1.16 bits per heavy atom. The molecule has 25 heavy (non-hydrogen) atoms. The van der Waals surface area contributed by atoms with Crippen LogP contribution in [-0.4, -0.2) is 49.7 Å². The van der Waals surface area contributed by atoms with Crippen LogP contribution < -0.4 is 9.47 Å². The molecule has 1 amide bonds. The number of carbonyl (C=O) groups excluding carboxylic acids is 2. The van der Waals surface area contributed by atoms with Crippen LogP contribution in [0.1, 0.15) is 43.5 Å². The summed E-state index contributed by atoms with van der Waals surface area (Å²) in [6.45, 7) is 3.74. The zero-order valence-electron chi connectivity index (χ0n) is 15.0. The van der Waals surface area contributed by atoms with Crippen molar-refractivity contribution in [2.24, 2.45) is 0 Å². The Bertz CT molecular complexity index is 639. The Kier molecular flexibility index (Phi) is 6.53. The van der Waals surface area contributed by atoms with E-state index >= 15 is 0 Å². The maximum atomic E-state index is 12.4. The molecule has 138 valence electrons. The summed E-state index contributed by atoms with van der Waals surface area (Å²) in [6.07, 6.45) is 3.04. The topological polar surface area (TPSA) is 65.1 Å². The Morgan fingerprint density at radius 2 is 1.80 bits per heavy atom. The molecule has 0 bridgehead atoms. The molecule has 1 aromatic rings. The maximum Gasteiger partial charge on any atom is 0.338 e. The van der Waals surface area contributed by atoms with Gasteiger partial charge >= 0.3 is 5.97 Å². The van der Waals surface area contributed by atoms with Crippen molar-refractivity contribution in [3.05, 3.63) is 22.7 Å². The fourth-order valence-corrected chi connectivity index (χ4v) is 3.52. The third kappa shape index (κ3) is 4.37. The second kappa shape index (κ2) is 8.43. The van der Waals surface area contributed by atoms with Gasteiger partial charge in [-0.1, -0.05) is 11.6 Å². The fourth-order valence-electron chi connectivity index (χ4n) is 3.23. The first-order valence-corrected chi connectivity index (χ1v) is 8.66. The zero-order chi connectivity index (χ0) is 18.6. The van der Waals surface area contributed by atoms with Gasteiger partial charge in [0.2, 0.25) is 0 Å². The predicted octanol–water partition coefficient (Wildman–Crippen LogP) is 3.30. The first-order chi connectivity index (χ1) is 11.9. The summed E-state index contributed by atoms with van der Waals surface area (Å²) in [5.74, 6) is -0.146. The number of halogens is 1. The molecule has 2 rings (SSSR count). The number of piperidine rings is 1. The molecule has 1 heterocycles. The quantitative estimate of drug-likeness (QED) is 0.745. The van der Waals surface area contributed by atoms with Gasteiger partial charge in [-0.25, -0.2) is 4.79 Å². The van der Waals surface area contributed by atoms with E-state index < -0.39 is 5.97 Å². The predicted molar refractivity (Wildman–Crippen MR) is 94.5 cm³/mol. The van der Waals surface area contributed by atoms with Crippen LogP contribution in [0.4, 0.5) is 0 Å². The highest BCUT2D eigenvalue weighted by atomic mass is 35.5. The van der Waals surface area contributed by atoms with Gasteiger partial charge in [0.25, 0.3) is 5.91 Å². The third-order valence-electron chi connectivity index (χ3n) is 4.48. The van der Waals surface area contributed by atoms with Gasteiger partial charge in [-0.15, -0.1) is 0 Å². The van der Waals surface area contributed by atoms with Crippen LogP contribution in [0, 0.1) is 0 Å². The second-order valence-corrected chi connectivity index (χ2v) is 6.61. The summed E-state index contributed by atoms with van der Waals surface area (Å²) in [5.41, 5.74) is 0.204. The van der Waals surface area contributed by atoms with Crippen molar-refractivity contribution < 1.29 is 23.8 Å². The number of likely N-dealkylation sites (tertiary alicyclic amines) is 1. The molecule has 7 heteroatoms. The first kappa shape index (κ1) is 19.4. The minimum atomic E-state index is -0.631. The lowest BCUT2D eigenvalue weighted by Crippen LogP contribution is -2.49. The van der Waals surface area contributed by atoms with E-state index in [0.717, 1.165) is 19.3 Å². The highest BCUT2D eigenvalue weighted by molar-refractivity contribution is 6.32. The molecule has 0 spiro atoms. The van der Waals surface area contributed by atoms with Crippen molar-refractivity contribution in [1.82, 2.24) is 4.90 Å². The number of hydrogen-bond acceptors (Lipinski definition) is 5. The van der Waals surface area contributed by atoms with Crippen molar-refractivity contribution in [2.75, 3.05) is 20.8 Å². The van der Waals surface area contributed by atoms with Crippen LogP contribution in [-0.2, 0) is 9.53 Å². The first-order valence-electron chi connectivity index (χ1n) is 8.28. The summed E-state index contributed by atoms with van der Waals surface area (Å²) in [5, 5.41) is 0.235. The highest BCUT2D eigenvalue weighted by Gasteiger charge is 2.29. The average molecular weight is 370 g/mol. The summed E-state index contributed by atoms with van der Waals surface area (Å²) in [6, 6.07) is 3.22. The largest absolute Gasteiger partial charge is 0.493 e. The highest BCUT2D eigenvalue weighted by Crippen LogP contribution is 2.36. The minimum absolute atomic E-state index is 0.158. The SMILES string of the molecule is COc1cc(C(=O)OCC(=O)N2[C@H](C)CCC[C@H]2C)cc(Cl)c1OC. The molecule has 1 aliphatic rings. The molecule has 6 nitrogen and oxygen atoms in total. The number of nitrogens with zero attached hydrogens (tertiary/aromatic N) is 1. The molecule has 0 unspecified atom stereocenters. The molecule has 0 saturated carbocycles. The number of esters is 1. The smallest absolute Gasteiger partial charge is 0.338 e. The monoisotopic (exact) mass is 369 g/mol. The summed E-state index contributed by atoms with van der Waals surface area (Å²) >= 11 is 6.09. The normalized spacial score (nSPS) is 20.1. The molecule has 1 aliphatic heterocycles. The standard InChI is InChI=1S/C18H24ClNO5/c1-11-6-5-7-12(2)20(11)16(21)10-25-18(22)13-8-14(19)17(24-4)15(9-13)23-3/h8-9,11-12H,5-7,10H2,1-4H3/t11-,12-/m1/s1. The number of benzene rings is 1. The maximum absolute atomic E-state index is 12.4. The van der Waals surface area contributed by atoms with Crippen LogP contribution in [0.25, 0.3) is 0 Å². The van der Waals surface area contributed by atoms with Gasteiger partial charge in [0.15, 0.2) is 18.1 Å².